The Morgan fingerprint density at radius 1 is 1.21 bits per heavy atom. The molecule has 2 N–H and O–H groups in total. The second-order valence-electron chi connectivity index (χ2n) is 7.85. The van der Waals surface area contributed by atoms with E-state index in [1.165, 1.54) is 31.2 Å². The van der Waals surface area contributed by atoms with Crippen molar-refractivity contribution in [2.45, 2.75) is 38.8 Å². The van der Waals surface area contributed by atoms with Crippen LogP contribution in [0.2, 0.25) is 0 Å². The molecule has 2 aromatic rings. The Morgan fingerprint density at radius 2 is 1.91 bits per heavy atom. The standard InChI is InChI=1S/C22H25F3N4O4/c1-2-33-21(32)17-12-27-29(19(17)22(23,24)25)16-8-6-15(7-9-16)20(31)28-11-3-4-14(13-28)5-10-18(26)30/h6-9,12,14H,2-5,10-11,13H2,1H3,(H2,26,30). The highest BCUT2D eigenvalue weighted by molar-refractivity contribution is 5.94. The molecule has 1 aliphatic rings. The fourth-order valence-corrected chi connectivity index (χ4v) is 3.93. The molecule has 3 rings (SSSR count). The van der Waals surface area contributed by atoms with E-state index >= 15 is 0 Å². The largest absolute Gasteiger partial charge is 0.462 e. The number of amides is 2. The van der Waals surface area contributed by atoms with Gasteiger partial charge >= 0.3 is 12.1 Å². The van der Waals surface area contributed by atoms with Crippen LogP contribution >= 0.6 is 0 Å². The van der Waals surface area contributed by atoms with Gasteiger partial charge in [-0.2, -0.15) is 18.3 Å². The Bertz CT molecular complexity index is 1020. The predicted molar refractivity (Wildman–Crippen MR) is 112 cm³/mol. The van der Waals surface area contributed by atoms with Crippen LogP contribution in [0.1, 0.15) is 59.0 Å². The van der Waals surface area contributed by atoms with Crippen molar-refractivity contribution in [2.75, 3.05) is 19.7 Å². The lowest BCUT2D eigenvalue weighted by atomic mass is 9.93. The highest BCUT2D eigenvalue weighted by atomic mass is 19.4. The van der Waals surface area contributed by atoms with Gasteiger partial charge in [0.2, 0.25) is 5.91 Å². The summed E-state index contributed by atoms with van der Waals surface area (Å²) in [6.07, 6.45) is -1.45. The molecule has 0 aliphatic carbocycles. The number of nitrogens with zero attached hydrogens (tertiary/aromatic N) is 3. The van der Waals surface area contributed by atoms with Crippen LogP contribution in [0.25, 0.3) is 5.69 Å². The number of likely N-dealkylation sites (tertiary alicyclic amines) is 1. The number of alkyl halides is 3. The van der Waals surface area contributed by atoms with Crippen LogP contribution < -0.4 is 5.73 Å². The molecule has 8 nitrogen and oxygen atoms in total. The molecule has 1 atom stereocenters. The summed E-state index contributed by atoms with van der Waals surface area (Å²) in [4.78, 5) is 37.5. The van der Waals surface area contributed by atoms with Crippen molar-refractivity contribution in [3.8, 4) is 5.69 Å². The van der Waals surface area contributed by atoms with Crippen LogP contribution in [0.5, 0.6) is 0 Å². The predicted octanol–water partition coefficient (Wildman–Crippen LogP) is 3.19. The molecule has 2 heterocycles. The van der Waals surface area contributed by atoms with Gasteiger partial charge < -0.3 is 15.4 Å². The SMILES string of the molecule is CCOC(=O)c1cnn(-c2ccc(C(=O)N3CCCC(CCC(N)=O)C3)cc2)c1C(F)(F)F. The summed E-state index contributed by atoms with van der Waals surface area (Å²) in [5.41, 5.74) is 3.65. The van der Waals surface area contributed by atoms with E-state index in [2.05, 4.69) is 5.10 Å². The molecule has 0 radical (unpaired) electrons. The van der Waals surface area contributed by atoms with Crippen molar-refractivity contribution in [3.05, 3.63) is 47.3 Å². The van der Waals surface area contributed by atoms with Gasteiger partial charge in [-0.05, 0) is 56.4 Å². The molecule has 178 valence electrons. The zero-order valence-corrected chi connectivity index (χ0v) is 18.1. The third kappa shape index (κ3) is 5.71. The third-order valence-electron chi connectivity index (χ3n) is 5.50. The van der Waals surface area contributed by atoms with E-state index in [0.29, 0.717) is 29.8 Å². The number of hydrogen-bond acceptors (Lipinski definition) is 5. The number of benzene rings is 1. The van der Waals surface area contributed by atoms with Gasteiger partial charge in [-0.1, -0.05) is 0 Å². The first-order chi connectivity index (χ1) is 15.6. The van der Waals surface area contributed by atoms with Crippen LogP contribution in [0.15, 0.2) is 30.5 Å². The maximum Gasteiger partial charge on any atom is 0.434 e. The average molecular weight is 466 g/mol. The molecule has 0 spiro atoms. The van der Waals surface area contributed by atoms with Gasteiger partial charge in [-0.3, -0.25) is 9.59 Å². The monoisotopic (exact) mass is 466 g/mol. The zero-order chi connectivity index (χ0) is 24.2. The molecule has 33 heavy (non-hydrogen) atoms. The van der Waals surface area contributed by atoms with Crippen molar-refractivity contribution < 1.29 is 32.3 Å². The summed E-state index contributed by atoms with van der Waals surface area (Å²) in [5, 5.41) is 3.73. The van der Waals surface area contributed by atoms with Gasteiger partial charge in [0, 0.05) is 25.1 Å². The van der Waals surface area contributed by atoms with Gasteiger partial charge in [0.05, 0.1) is 18.5 Å². The van der Waals surface area contributed by atoms with E-state index in [1.54, 1.807) is 4.90 Å². The first-order valence-corrected chi connectivity index (χ1v) is 10.6. The summed E-state index contributed by atoms with van der Waals surface area (Å²) in [5.74, 6) is -1.56. The molecular formula is C22H25F3N4O4. The normalized spacial score (nSPS) is 16.5. The molecule has 1 fully saturated rings. The quantitative estimate of drug-likeness (QED) is 0.631. The van der Waals surface area contributed by atoms with E-state index in [1.807, 2.05) is 0 Å². The molecule has 1 saturated heterocycles. The first-order valence-electron chi connectivity index (χ1n) is 10.6. The highest BCUT2D eigenvalue weighted by Gasteiger charge is 2.41. The number of carbonyl (C=O) groups excluding carboxylic acids is 3. The minimum Gasteiger partial charge on any atom is -0.462 e. The van der Waals surface area contributed by atoms with Crippen LogP contribution in [0, 0.1) is 5.92 Å². The fourth-order valence-electron chi connectivity index (χ4n) is 3.93. The molecule has 1 aliphatic heterocycles. The van der Waals surface area contributed by atoms with Gasteiger partial charge in [-0.25, -0.2) is 9.48 Å². The minimum atomic E-state index is -4.85. The van der Waals surface area contributed by atoms with Crippen LogP contribution in [-0.4, -0.2) is 52.2 Å². The lowest BCUT2D eigenvalue weighted by molar-refractivity contribution is -0.143. The number of carbonyl (C=O) groups is 3. The number of ether oxygens (including phenoxy) is 1. The summed E-state index contributed by atoms with van der Waals surface area (Å²) in [6.45, 7) is 2.48. The second-order valence-corrected chi connectivity index (χ2v) is 7.85. The number of nitrogens with two attached hydrogens (primary N) is 1. The van der Waals surface area contributed by atoms with Gasteiger partial charge in [0.15, 0.2) is 5.69 Å². The number of halogens is 3. The summed E-state index contributed by atoms with van der Waals surface area (Å²) in [7, 11) is 0. The zero-order valence-electron chi connectivity index (χ0n) is 18.1. The molecule has 1 aromatic heterocycles. The molecule has 0 bridgehead atoms. The van der Waals surface area contributed by atoms with E-state index in [4.69, 9.17) is 10.5 Å². The van der Waals surface area contributed by atoms with Gasteiger partial charge in [0.25, 0.3) is 5.91 Å². The third-order valence-corrected chi connectivity index (χ3v) is 5.50. The maximum atomic E-state index is 13.7. The molecule has 1 aromatic carbocycles. The van der Waals surface area contributed by atoms with Crippen LogP contribution in [0.4, 0.5) is 13.2 Å². The second kappa shape index (κ2) is 10.1. The van der Waals surface area contributed by atoms with Crippen molar-refractivity contribution in [3.63, 3.8) is 0 Å². The number of aromatic nitrogens is 2. The maximum absolute atomic E-state index is 13.7. The van der Waals surface area contributed by atoms with Gasteiger partial charge in [-0.15, -0.1) is 0 Å². The number of hydrogen-bond donors (Lipinski definition) is 1. The number of rotatable bonds is 7. The Balaban J connectivity index is 1.80. The molecule has 0 saturated carbocycles. The highest BCUT2D eigenvalue weighted by Crippen LogP contribution is 2.34. The molecule has 11 heteroatoms. The number of primary amides is 1. The lowest BCUT2D eigenvalue weighted by Gasteiger charge is -2.32. The lowest BCUT2D eigenvalue weighted by Crippen LogP contribution is -2.40. The van der Waals surface area contributed by atoms with E-state index in [0.717, 1.165) is 19.0 Å². The average Bonchev–Trinajstić information content (AvgIpc) is 3.24. The summed E-state index contributed by atoms with van der Waals surface area (Å²) in [6, 6.07) is 5.55. The smallest absolute Gasteiger partial charge is 0.434 e. The van der Waals surface area contributed by atoms with Crippen molar-refractivity contribution in [1.29, 1.82) is 0 Å². The van der Waals surface area contributed by atoms with Crippen molar-refractivity contribution in [1.82, 2.24) is 14.7 Å². The Labute approximate surface area is 188 Å². The Kier molecular flexibility index (Phi) is 7.39. The Hall–Kier alpha value is -3.37. The van der Waals surface area contributed by atoms with Crippen molar-refractivity contribution >= 4 is 17.8 Å². The van der Waals surface area contributed by atoms with E-state index < -0.39 is 23.4 Å². The molecule has 1 unspecified atom stereocenters. The topological polar surface area (TPSA) is 108 Å². The van der Waals surface area contributed by atoms with Gasteiger partial charge in [0.1, 0.15) is 5.56 Å². The van der Waals surface area contributed by atoms with Crippen LogP contribution in [0.3, 0.4) is 0 Å². The van der Waals surface area contributed by atoms with Crippen molar-refractivity contribution in [2.24, 2.45) is 11.7 Å². The summed E-state index contributed by atoms with van der Waals surface area (Å²) >= 11 is 0. The first kappa shape index (κ1) is 24.3. The molecular weight excluding hydrogens is 441 g/mol. The fraction of sp³-hybridized carbons (Fsp3) is 0.455. The van der Waals surface area contributed by atoms with E-state index in [-0.39, 0.29) is 36.4 Å². The molecule has 2 amide bonds. The summed E-state index contributed by atoms with van der Waals surface area (Å²) < 4.78 is 46.3. The number of piperidine rings is 1. The number of esters is 1. The Morgan fingerprint density at radius 3 is 2.52 bits per heavy atom. The van der Waals surface area contributed by atoms with Crippen LogP contribution in [-0.2, 0) is 15.7 Å². The minimum absolute atomic E-state index is 0.0485. The van der Waals surface area contributed by atoms with E-state index in [9.17, 15) is 27.6 Å².